The molecule has 0 spiro atoms. The summed E-state index contributed by atoms with van der Waals surface area (Å²) >= 11 is 4.99. The Morgan fingerprint density at radius 2 is 2.05 bits per heavy atom. The van der Waals surface area contributed by atoms with Gasteiger partial charge in [-0.3, -0.25) is 0 Å². The second-order valence-electron chi connectivity index (χ2n) is 4.66. The summed E-state index contributed by atoms with van der Waals surface area (Å²) in [5, 5.41) is 0. The summed E-state index contributed by atoms with van der Waals surface area (Å²) < 4.78 is 40.6. The van der Waals surface area contributed by atoms with E-state index >= 15 is 0 Å². The molecule has 0 aromatic heterocycles. The van der Waals surface area contributed by atoms with E-state index in [4.69, 9.17) is 4.89 Å². The number of hydrogen-bond donors (Lipinski definition) is 1. The molecule has 1 aliphatic rings. The first-order valence-electron chi connectivity index (χ1n) is 6.05. The minimum absolute atomic E-state index is 0. The smallest absolute Gasteiger partial charge is 0.420 e. The van der Waals surface area contributed by atoms with Crippen LogP contribution < -0.4 is 4.52 Å². The Morgan fingerprint density at radius 1 is 1.41 bits per heavy atom. The van der Waals surface area contributed by atoms with Crippen LogP contribution in [0, 0.1) is 5.92 Å². The van der Waals surface area contributed by atoms with Gasteiger partial charge < -0.3 is 9.42 Å². The zero-order valence-corrected chi connectivity index (χ0v) is 19.8. The van der Waals surface area contributed by atoms with Gasteiger partial charge in [0.1, 0.15) is 5.75 Å². The second-order valence-corrected chi connectivity index (χ2v) is 8.24. The predicted octanol–water partition coefficient (Wildman–Crippen LogP) is 4.12. The normalized spacial score (nSPS) is 16.4. The maximum absolute atomic E-state index is 12.3. The molecule has 1 aromatic rings. The number of halogens is 3. The molecule has 1 unspecified atom stereocenters. The third kappa shape index (κ3) is 7.85. The van der Waals surface area contributed by atoms with E-state index in [2.05, 4.69) is 20.5 Å². The Bertz CT molecular complexity index is 535. The van der Waals surface area contributed by atoms with Crippen LogP contribution in [0.15, 0.2) is 22.7 Å². The molecule has 1 N–H and O–H groups in total. The van der Waals surface area contributed by atoms with Gasteiger partial charge in [-0.15, -0.1) is 0 Å². The third-order valence-corrected chi connectivity index (χ3v) is 5.61. The molecule has 2 radical (unpaired) electrons. The van der Waals surface area contributed by atoms with Gasteiger partial charge in [-0.25, -0.2) is 4.57 Å². The zero-order chi connectivity index (χ0) is 14.8. The Kier molecular flexibility index (Phi) is 11.7. The second kappa shape index (κ2) is 10.8. The van der Waals surface area contributed by atoms with Crippen LogP contribution in [0.5, 0.6) is 5.75 Å². The number of rotatable bonds is 7. The molecular weight excluding hydrogens is 419 g/mol. The van der Waals surface area contributed by atoms with Crippen molar-refractivity contribution >= 4 is 94.4 Å². The van der Waals surface area contributed by atoms with E-state index in [1.807, 2.05) is 11.8 Å². The van der Waals surface area contributed by atoms with Crippen LogP contribution in [0.1, 0.15) is 18.4 Å². The molecule has 1 aliphatic carbocycles. The van der Waals surface area contributed by atoms with Crippen LogP contribution in [-0.4, -0.2) is 75.9 Å². The molecule has 3 nitrogen and oxygen atoms in total. The molecule has 2 rings (SSSR count). The van der Waals surface area contributed by atoms with Crippen LogP contribution in [0.2, 0.25) is 0 Å². The standard InChI is InChI=1S/C12H14BrF2O3PS.2Na/c13-10-5-9(7-20-6-8-1-2-8)3-4-11(10)18-19(16,17)12(14)15;;/h3-5,8,12H,1-2,6-7H2,(H,16,17);;. The first kappa shape index (κ1) is 23.9. The first-order chi connectivity index (χ1) is 9.38. The van der Waals surface area contributed by atoms with E-state index in [0.717, 1.165) is 23.0 Å². The van der Waals surface area contributed by atoms with Crippen molar-refractivity contribution in [2.24, 2.45) is 5.92 Å². The van der Waals surface area contributed by atoms with Crippen LogP contribution in [0.3, 0.4) is 0 Å². The zero-order valence-electron chi connectivity index (χ0n) is 12.5. The quantitative estimate of drug-likeness (QED) is 0.520. The van der Waals surface area contributed by atoms with Crippen molar-refractivity contribution in [3.05, 3.63) is 28.2 Å². The van der Waals surface area contributed by atoms with Crippen molar-refractivity contribution in [3.63, 3.8) is 0 Å². The van der Waals surface area contributed by atoms with Gasteiger partial charge in [-0.05, 0) is 58.1 Å². The summed E-state index contributed by atoms with van der Waals surface area (Å²) in [4.78, 5) is 9.01. The fraction of sp³-hybridized carbons (Fsp3) is 0.500. The van der Waals surface area contributed by atoms with E-state index in [0.29, 0.717) is 4.47 Å². The minimum Gasteiger partial charge on any atom is -0.420 e. The summed E-state index contributed by atoms with van der Waals surface area (Å²) in [6.07, 6.45) is -0.797. The van der Waals surface area contributed by atoms with Gasteiger partial charge in [-0.1, -0.05) is 6.07 Å². The van der Waals surface area contributed by atoms with Crippen molar-refractivity contribution in [3.8, 4) is 5.75 Å². The fourth-order valence-electron chi connectivity index (χ4n) is 1.52. The number of thioether (sulfide) groups is 1. The average Bonchev–Trinajstić information content (AvgIpc) is 3.16. The van der Waals surface area contributed by atoms with Crippen molar-refractivity contribution in [1.29, 1.82) is 0 Å². The van der Waals surface area contributed by atoms with E-state index < -0.39 is 13.8 Å². The van der Waals surface area contributed by atoms with Gasteiger partial charge in [0.2, 0.25) is 0 Å². The van der Waals surface area contributed by atoms with E-state index in [9.17, 15) is 13.3 Å². The predicted molar refractivity (Wildman–Crippen MR) is 91.0 cm³/mol. The van der Waals surface area contributed by atoms with Crippen molar-refractivity contribution < 1.29 is 22.8 Å². The van der Waals surface area contributed by atoms with E-state index in [1.165, 1.54) is 18.9 Å². The molecular formula is C12H14BrF2Na2O3PS. The molecule has 0 amide bonds. The van der Waals surface area contributed by atoms with E-state index in [1.54, 1.807) is 12.1 Å². The minimum atomic E-state index is -4.92. The first-order valence-corrected chi connectivity index (χ1v) is 9.64. The van der Waals surface area contributed by atoms with Gasteiger partial charge in [0.15, 0.2) is 0 Å². The van der Waals surface area contributed by atoms with Crippen LogP contribution in [-0.2, 0) is 10.3 Å². The van der Waals surface area contributed by atoms with E-state index in [-0.39, 0.29) is 64.9 Å². The molecule has 0 aliphatic heterocycles. The Balaban J connectivity index is 0.00000220. The van der Waals surface area contributed by atoms with Crippen molar-refractivity contribution in [2.45, 2.75) is 24.8 Å². The van der Waals surface area contributed by atoms with Crippen LogP contribution in [0.25, 0.3) is 0 Å². The molecule has 114 valence electrons. The molecule has 0 heterocycles. The van der Waals surface area contributed by atoms with Gasteiger partial charge in [-0.2, -0.15) is 20.5 Å². The Hall–Kier alpha value is 1.90. The van der Waals surface area contributed by atoms with Crippen molar-refractivity contribution in [1.82, 2.24) is 0 Å². The molecule has 1 aromatic carbocycles. The summed E-state index contributed by atoms with van der Waals surface area (Å²) in [6, 6.07) is 4.87. The van der Waals surface area contributed by atoms with Crippen LogP contribution in [0.4, 0.5) is 8.78 Å². The topological polar surface area (TPSA) is 46.5 Å². The average molecular weight is 433 g/mol. The van der Waals surface area contributed by atoms with Gasteiger partial charge in [0, 0.05) is 64.9 Å². The SMILES string of the molecule is O=P(O)(Oc1ccc(CSCC2CC2)cc1Br)C(F)F.[Na].[Na]. The molecule has 10 heteroatoms. The van der Waals surface area contributed by atoms with Gasteiger partial charge >= 0.3 is 13.8 Å². The number of hydrogen-bond acceptors (Lipinski definition) is 3. The fourth-order valence-corrected chi connectivity index (χ4v) is 3.87. The van der Waals surface area contributed by atoms with Gasteiger partial charge in [0.05, 0.1) is 4.47 Å². The summed E-state index contributed by atoms with van der Waals surface area (Å²) in [6.45, 7) is 0. The molecule has 22 heavy (non-hydrogen) atoms. The molecule has 0 bridgehead atoms. The molecule has 1 atom stereocenters. The molecule has 0 saturated heterocycles. The Morgan fingerprint density at radius 3 is 2.55 bits per heavy atom. The monoisotopic (exact) mass is 432 g/mol. The third-order valence-electron chi connectivity index (χ3n) is 2.79. The summed E-state index contributed by atoms with van der Waals surface area (Å²) in [5.41, 5.74) is 1.01. The summed E-state index contributed by atoms with van der Waals surface area (Å²) in [5.74, 6) is 2.75. The molecule has 1 saturated carbocycles. The number of alkyl halides is 2. The summed E-state index contributed by atoms with van der Waals surface area (Å²) in [7, 11) is -4.92. The Labute approximate surface area is 185 Å². The maximum atomic E-state index is 12.3. The number of benzene rings is 1. The van der Waals surface area contributed by atoms with Crippen LogP contribution >= 0.6 is 35.3 Å². The maximum Gasteiger partial charge on any atom is 0.442 e. The molecule has 1 fully saturated rings. The van der Waals surface area contributed by atoms with Crippen molar-refractivity contribution in [2.75, 3.05) is 5.75 Å². The van der Waals surface area contributed by atoms with Gasteiger partial charge in [0.25, 0.3) is 0 Å². The largest absolute Gasteiger partial charge is 0.442 e.